The van der Waals surface area contributed by atoms with Crippen LogP contribution in [0.15, 0.2) is 18.2 Å². The fraction of sp³-hybridized carbons (Fsp3) is 0.588. The minimum Gasteiger partial charge on any atom is -0.379 e. The molecule has 0 atom stereocenters. The molecule has 0 aromatic heterocycles. The van der Waals surface area contributed by atoms with Crippen molar-refractivity contribution in [2.75, 3.05) is 39.4 Å². The molecule has 21 heavy (non-hydrogen) atoms. The lowest BCUT2D eigenvalue weighted by molar-refractivity contribution is -0.120. The third kappa shape index (κ3) is 5.48. The maximum Gasteiger partial charge on any atom is 0.224 e. The molecule has 4 heteroatoms. The molecule has 0 saturated carbocycles. The first kappa shape index (κ1) is 16.0. The third-order valence-corrected chi connectivity index (χ3v) is 3.93. The lowest BCUT2D eigenvalue weighted by Gasteiger charge is -2.26. The lowest BCUT2D eigenvalue weighted by atomic mass is 10.0. The number of benzene rings is 1. The number of ether oxygens (including phenoxy) is 1. The summed E-state index contributed by atoms with van der Waals surface area (Å²) in [6.45, 7) is 9.59. The number of hydrogen-bond acceptors (Lipinski definition) is 3. The van der Waals surface area contributed by atoms with Crippen LogP contribution in [0.25, 0.3) is 0 Å². The van der Waals surface area contributed by atoms with Gasteiger partial charge < -0.3 is 10.1 Å². The molecule has 1 N–H and O–H groups in total. The molecular weight excluding hydrogens is 264 g/mol. The van der Waals surface area contributed by atoms with E-state index in [1.54, 1.807) is 0 Å². The smallest absolute Gasteiger partial charge is 0.224 e. The van der Waals surface area contributed by atoms with Gasteiger partial charge in [-0.2, -0.15) is 0 Å². The number of hydrogen-bond donors (Lipinski definition) is 1. The van der Waals surface area contributed by atoms with Gasteiger partial charge in [0.05, 0.1) is 19.6 Å². The van der Waals surface area contributed by atoms with Gasteiger partial charge in [-0.1, -0.05) is 23.8 Å². The summed E-state index contributed by atoms with van der Waals surface area (Å²) >= 11 is 0. The molecule has 0 bridgehead atoms. The molecule has 1 fully saturated rings. The summed E-state index contributed by atoms with van der Waals surface area (Å²) in [6.07, 6.45) is 1.48. The van der Waals surface area contributed by atoms with Gasteiger partial charge in [0.2, 0.25) is 5.91 Å². The molecule has 116 valence electrons. The van der Waals surface area contributed by atoms with Crippen molar-refractivity contribution in [2.24, 2.45) is 0 Å². The van der Waals surface area contributed by atoms with E-state index in [4.69, 9.17) is 4.74 Å². The highest BCUT2D eigenvalue weighted by Gasteiger charge is 2.10. The van der Waals surface area contributed by atoms with Crippen molar-refractivity contribution in [1.82, 2.24) is 10.2 Å². The number of nitrogens with one attached hydrogen (secondary N) is 1. The predicted octanol–water partition coefficient (Wildman–Crippen LogP) is 1.68. The summed E-state index contributed by atoms with van der Waals surface area (Å²) in [6, 6.07) is 6.26. The number of morpholine rings is 1. The minimum absolute atomic E-state index is 0.116. The van der Waals surface area contributed by atoms with Crippen molar-refractivity contribution < 1.29 is 9.53 Å². The Kier molecular flexibility index (Phi) is 6.21. The number of rotatable bonds is 6. The average Bonchev–Trinajstić information content (AvgIpc) is 2.48. The zero-order valence-corrected chi connectivity index (χ0v) is 13.2. The van der Waals surface area contributed by atoms with Gasteiger partial charge in [-0.3, -0.25) is 9.69 Å². The van der Waals surface area contributed by atoms with E-state index in [-0.39, 0.29) is 5.91 Å². The van der Waals surface area contributed by atoms with Gasteiger partial charge in [-0.05, 0) is 37.9 Å². The number of carbonyl (C=O) groups is 1. The van der Waals surface area contributed by atoms with Crippen LogP contribution in [-0.4, -0.2) is 50.2 Å². The molecule has 1 aromatic carbocycles. The zero-order chi connectivity index (χ0) is 15.1. The summed E-state index contributed by atoms with van der Waals surface area (Å²) in [5, 5.41) is 3.02. The van der Waals surface area contributed by atoms with E-state index in [1.165, 1.54) is 11.1 Å². The van der Waals surface area contributed by atoms with Crippen LogP contribution < -0.4 is 5.32 Å². The summed E-state index contributed by atoms with van der Waals surface area (Å²) in [7, 11) is 0. The van der Waals surface area contributed by atoms with Gasteiger partial charge in [0.15, 0.2) is 0 Å². The first-order valence-corrected chi connectivity index (χ1v) is 7.78. The van der Waals surface area contributed by atoms with Crippen molar-refractivity contribution in [1.29, 1.82) is 0 Å². The van der Waals surface area contributed by atoms with Crippen LogP contribution in [0.3, 0.4) is 0 Å². The second kappa shape index (κ2) is 8.15. The van der Waals surface area contributed by atoms with Crippen LogP contribution in [0.1, 0.15) is 23.1 Å². The van der Waals surface area contributed by atoms with Crippen LogP contribution in [0, 0.1) is 13.8 Å². The van der Waals surface area contributed by atoms with Crippen LogP contribution in [0.2, 0.25) is 0 Å². The lowest BCUT2D eigenvalue weighted by Crippen LogP contribution is -2.38. The van der Waals surface area contributed by atoms with Crippen LogP contribution in [0.4, 0.5) is 0 Å². The summed E-state index contributed by atoms with van der Waals surface area (Å²) in [5.74, 6) is 0.116. The van der Waals surface area contributed by atoms with Crippen molar-refractivity contribution in [3.8, 4) is 0 Å². The second-order valence-electron chi connectivity index (χ2n) is 5.76. The monoisotopic (exact) mass is 290 g/mol. The fourth-order valence-electron chi connectivity index (χ4n) is 2.58. The first-order chi connectivity index (χ1) is 10.1. The maximum atomic E-state index is 12.0. The number of aryl methyl sites for hydroxylation is 2. The van der Waals surface area contributed by atoms with Gasteiger partial charge in [0.1, 0.15) is 0 Å². The molecule has 2 rings (SSSR count). The standard InChI is InChI=1S/C17H26N2O2/c1-14-4-5-15(2)16(12-14)13-17(20)18-6-3-7-19-8-10-21-11-9-19/h4-5,12H,3,6-11,13H2,1-2H3,(H,18,20). The summed E-state index contributed by atoms with van der Waals surface area (Å²) in [4.78, 5) is 14.4. The first-order valence-electron chi connectivity index (χ1n) is 7.78. The fourth-order valence-corrected chi connectivity index (χ4v) is 2.58. The molecule has 0 aliphatic carbocycles. The van der Waals surface area contributed by atoms with Crippen molar-refractivity contribution in [2.45, 2.75) is 26.7 Å². The topological polar surface area (TPSA) is 41.6 Å². The van der Waals surface area contributed by atoms with E-state index in [0.717, 1.165) is 51.4 Å². The molecule has 1 aromatic rings. The Morgan fingerprint density at radius 3 is 2.81 bits per heavy atom. The Balaban J connectivity index is 1.66. The van der Waals surface area contributed by atoms with E-state index < -0.39 is 0 Å². The van der Waals surface area contributed by atoms with E-state index in [9.17, 15) is 4.79 Å². The van der Waals surface area contributed by atoms with E-state index >= 15 is 0 Å². The molecule has 0 spiro atoms. The maximum absolute atomic E-state index is 12.0. The number of carbonyl (C=O) groups excluding carboxylic acids is 1. The third-order valence-electron chi connectivity index (χ3n) is 3.93. The highest BCUT2D eigenvalue weighted by atomic mass is 16.5. The van der Waals surface area contributed by atoms with E-state index in [0.29, 0.717) is 6.42 Å². The van der Waals surface area contributed by atoms with Gasteiger partial charge in [0.25, 0.3) is 0 Å². The number of nitrogens with zero attached hydrogens (tertiary/aromatic N) is 1. The molecule has 1 aliphatic rings. The van der Waals surface area contributed by atoms with Gasteiger partial charge in [-0.25, -0.2) is 0 Å². The van der Waals surface area contributed by atoms with Crippen LogP contribution >= 0.6 is 0 Å². The molecular formula is C17H26N2O2. The molecule has 4 nitrogen and oxygen atoms in total. The van der Waals surface area contributed by atoms with Gasteiger partial charge in [-0.15, -0.1) is 0 Å². The van der Waals surface area contributed by atoms with Crippen molar-refractivity contribution >= 4 is 5.91 Å². The Morgan fingerprint density at radius 1 is 1.29 bits per heavy atom. The SMILES string of the molecule is Cc1ccc(C)c(CC(=O)NCCCN2CCOCC2)c1. The van der Waals surface area contributed by atoms with Gasteiger partial charge in [0, 0.05) is 19.6 Å². The van der Waals surface area contributed by atoms with Crippen molar-refractivity contribution in [3.63, 3.8) is 0 Å². The minimum atomic E-state index is 0.116. The largest absolute Gasteiger partial charge is 0.379 e. The second-order valence-corrected chi connectivity index (χ2v) is 5.76. The van der Waals surface area contributed by atoms with Crippen LogP contribution in [0.5, 0.6) is 0 Å². The molecule has 1 aliphatic heterocycles. The Bertz CT molecular complexity index is 468. The molecule has 0 unspecified atom stereocenters. The quantitative estimate of drug-likeness (QED) is 0.811. The molecule has 1 heterocycles. The Morgan fingerprint density at radius 2 is 2.05 bits per heavy atom. The predicted molar refractivity (Wildman–Crippen MR) is 84.5 cm³/mol. The molecule has 1 saturated heterocycles. The van der Waals surface area contributed by atoms with E-state index in [1.807, 2.05) is 0 Å². The molecule has 1 amide bonds. The molecule has 0 radical (unpaired) electrons. The highest BCUT2D eigenvalue weighted by Crippen LogP contribution is 2.11. The summed E-state index contributed by atoms with van der Waals surface area (Å²) < 4.78 is 5.32. The van der Waals surface area contributed by atoms with Crippen molar-refractivity contribution in [3.05, 3.63) is 34.9 Å². The zero-order valence-electron chi connectivity index (χ0n) is 13.2. The Hall–Kier alpha value is -1.39. The van der Waals surface area contributed by atoms with Crippen LogP contribution in [-0.2, 0) is 16.0 Å². The Labute approximate surface area is 127 Å². The number of amides is 1. The normalized spacial score (nSPS) is 15.9. The van der Waals surface area contributed by atoms with Gasteiger partial charge >= 0.3 is 0 Å². The average molecular weight is 290 g/mol. The highest BCUT2D eigenvalue weighted by molar-refractivity contribution is 5.78. The summed E-state index contributed by atoms with van der Waals surface area (Å²) in [5.41, 5.74) is 3.51. The van der Waals surface area contributed by atoms with E-state index in [2.05, 4.69) is 42.3 Å².